The minimum atomic E-state index is -0.135. The highest BCUT2D eigenvalue weighted by molar-refractivity contribution is 5.11. The van der Waals surface area contributed by atoms with Crippen LogP contribution in [-0.4, -0.2) is 11.2 Å². The lowest BCUT2D eigenvalue weighted by Crippen LogP contribution is -2.31. The molecule has 0 aromatic rings. The van der Waals surface area contributed by atoms with E-state index in [9.17, 15) is 5.11 Å². The maximum Gasteiger partial charge on any atom is 0.0631 e. The van der Waals surface area contributed by atoms with Crippen LogP contribution in [0.25, 0.3) is 0 Å². The number of aliphatic hydroxyl groups excluding tert-OH is 1. The van der Waals surface area contributed by atoms with E-state index >= 15 is 0 Å². The molecule has 0 fully saturated rings. The van der Waals surface area contributed by atoms with Crippen LogP contribution >= 0.6 is 0 Å². The van der Waals surface area contributed by atoms with Gasteiger partial charge in [-0.05, 0) is 24.7 Å². The van der Waals surface area contributed by atoms with Gasteiger partial charge in [0.1, 0.15) is 0 Å². The van der Waals surface area contributed by atoms with Gasteiger partial charge in [-0.1, -0.05) is 38.8 Å². The molecule has 0 aromatic heterocycles. The molecule has 0 aliphatic heterocycles. The lowest BCUT2D eigenvalue weighted by atomic mass is 9.75. The number of hydrogen-bond donors (Lipinski definition) is 1. The first-order chi connectivity index (χ1) is 5.56. The Balaban J connectivity index is 2.58. The molecule has 0 aromatic carbocycles. The van der Waals surface area contributed by atoms with Gasteiger partial charge in [0, 0.05) is 0 Å². The van der Waals surface area contributed by atoms with Gasteiger partial charge in [-0.2, -0.15) is 0 Å². The van der Waals surface area contributed by atoms with Gasteiger partial charge in [-0.15, -0.1) is 0 Å². The van der Waals surface area contributed by atoms with Gasteiger partial charge in [0.2, 0.25) is 0 Å². The van der Waals surface area contributed by atoms with Crippen LogP contribution in [0.2, 0.25) is 0 Å². The molecular weight excluding hydrogens is 148 g/mol. The summed E-state index contributed by atoms with van der Waals surface area (Å²) in [4.78, 5) is 0. The van der Waals surface area contributed by atoms with Crippen LogP contribution in [0, 0.1) is 5.41 Å². The van der Waals surface area contributed by atoms with E-state index in [0.29, 0.717) is 0 Å². The van der Waals surface area contributed by atoms with Crippen molar-refractivity contribution in [2.75, 3.05) is 0 Å². The fourth-order valence-electron chi connectivity index (χ4n) is 1.68. The molecule has 0 bridgehead atoms. The Morgan fingerprint density at radius 2 is 2.25 bits per heavy atom. The minimum absolute atomic E-state index is 0.0945. The fraction of sp³-hybridized carbons (Fsp3) is 0.818. The van der Waals surface area contributed by atoms with E-state index in [1.54, 1.807) is 0 Å². The fourth-order valence-corrected chi connectivity index (χ4v) is 1.68. The summed E-state index contributed by atoms with van der Waals surface area (Å²) in [5, 5.41) is 9.79. The van der Waals surface area contributed by atoms with Crippen molar-refractivity contribution in [1.29, 1.82) is 0 Å². The monoisotopic (exact) mass is 168 g/mol. The van der Waals surface area contributed by atoms with Crippen molar-refractivity contribution in [3.63, 3.8) is 0 Å². The van der Waals surface area contributed by atoms with Crippen molar-refractivity contribution in [2.45, 2.75) is 52.6 Å². The number of hydrogen-bond acceptors (Lipinski definition) is 1. The predicted molar refractivity (Wildman–Crippen MR) is 52.0 cm³/mol. The average molecular weight is 168 g/mol. The Morgan fingerprint density at radius 1 is 1.58 bits per heavy atom. The normalized spacial score (nSPS) is 28.3. The van der Waals surface area contributed by atoms with E-state index in [0.717, 1.165) is 19.3 Å². The summed E-state index contributed by atoms with van der Waals surface area (Å²) in [6, 6.07) is 0. The molecule has 1 heteroatoms. The Bertz CT molecular complexity index is 179. The second kappa shape index (κ2) is 3.61. The molecule has 1 rings (SSSR count). The highest BCUT2D eigenvalue weighted by Gasteiger charge is 2.30. The van der Waals surface area contributed by atoms with Crippen molar-refractivity contribution in [3.8, 4) is 0 Å². The smallest absolute Gasteiger partial charge is 0.0631 e. The maximum atomic E-state index is 9.79. The van der Waals surface area contributed by atoms with Crippen LogP contribution in [0.4, 0.5) is 0 Å². The number of rotatable bonds is 2. The molecule has 0 radical (unpaired) electrons. The van der Waals surface area contributed by atoms with Crippen LogP contribution < -0.4 is 0 Å². The van der Waals surface area contributed by atoms with E-state index in [1.807, 2.05) is 0 Å². The Kier molecular flexibility index (Phi) is 2.94. The minimum Gasteiger partial charge on any atom is -0.392 e. The van der Waals surface area contributed by atoms with Crippen LogP contribution in [0.3, 0.4) is 0 Å². The molecule has 1 unspecified atom stereocenters. The van der Waals surface area contributed by atoms with Crippen molar-refractivity contribution >= 4 is 0 Å². The summed E-state index contributed by atoms with van der Waals surface area (Å²) in [7, 11) is 0. The van der Waals surface area contributed by atoms with Crippen molar-refractivity contribution in [2.24, 2.45) is 5.41 Å². The zero-order valence-electron chi connectivity index (χ0n) is 8.43. The van der Waals surface area contributed by atoms with Gasteiger partial charge >= 0.3 is 0 Å². The molecule has 70 valence electrons. The highest BCUT2D eigenvalue weighted by atomic mass is 16.3. The molecule has 1 nitrogen and oxygen atoms in total. The van der Waals surface area contributed by atoms with Gasteiger partial charge < -0.3 is 5.11 Å². The molecule has 1 N–H and O–H groups in total. The molecule has 0 saturated carbocycles. The molecule has 1 aliphatic rings. The SMILES string of the molecule is CCCC1=CCC(C)(C)C(O)C1. The summed E-state index contributed by atoms with van der Waals surface area (Å²) in [5.41, 5.74) is 1.54. The van der Waals surface area contributed by atoms with Crippen LogP contribution in [0.5, 0.6) is 0 Å². The van der Waals surface area contributed by atoms with Gasteiger partial charge in [-0.25, -0.2) is 0 Å². The number of allylic oxidation sites excluding steroid dienone is 1. The Hall–Kier alpha value is -0.300. The maximum absolute atomic E-state index is 9.79. The second-order valence-corrected chi connectivity index (χ2v) is 4.52. The molecule has 0 heterocycles. The van der Waals surface area contributed by atoms with Gasteiger partial charge in [0.15, 0.2) is 0 Å². The van der Waals surface area contributed by atoms with E-state index in [4.69, 9.17) is 0 Å². The number of aliphatic hydroxyl groups is 1. The summed E-state index contributed by atoms with van der Waals surface area (Å²) in [6.07, 6.45) is 6.45. The molecule has 0 spiro atoms. The third kappa shape index (κ3) is 2.10. The molecule has 1 atom stereocenters. The third-order valence-electron chi connectivity index (χ3n) is 2.85. The van der Waals surface area contributed by atoms with E-state index < -0.39 is 0 Å². The summed E-state index contributed by atoms with van der Waals surface area (Å²) < 4.78 is 0. The third-order valence-corrected chi connectivity index (χ3v) is 2.85. The van der Waals surface area contributed by atoms with Crippen molar-refractivity contribution in [1.82, 2.24) is 0 Å². The van der Waals surface area contributed by atoms with Gasteiger partial charge in [0.25, 0.3) is 0 Å². The standard InChI is InChI=1S/C11H20O/c1-4-5-9-6-7-11(2,3)10(12)8-9/h6,10,12H,4-5,7-8H2,1-3H3. The molecule has 0 saturated heterocycles. The summed E-state index contributed by atoms with van der Waals surface area (Å²) >= 11 is 0. The molecule has 12 heavy (non-hydrogen) atoms. The molecule has 1 aliphatic carbocycles. The molecular formula is C11H20O. The zero-order chi connectivity index (χ0) is 9.19. The van der Waals surface area contributed by atoms with Crippen molar-refractivity contribution < 1.29 is 5.11 Å². The Morgan fingerprint density at radius 3 is 2.75 bits per heavy atom. The molecule has 0 amide bonds. The quantitative estimate of drug-likeness (QED) is 0.629. The Labute approximate surface area is 75.5 Å². The lowest BCUT2D eigenvalue weighted by molar-refractivity contribution is 0.0449. The van der Waals surface area contributed by atoms with Gasteiger partial charge in [0.05, 0.1) is 6.10 Å². The van der Waals surface area contributed by atoms with Gasteiger partial charge in [-0.3, -0.25) is 0 Å². The largest absolute Gasteiger partial charge is 0.392 e. The van der Waals surface area contributed by atoms with E-state index in [1.165, 1.54) is 12.0 Å². The second-order valence-electron chi connectivity index (χ2n) is 4.52. The summed E-state index contributed by atoms with van der Waals surface area (Å²) in [6.45, 7) is 6.46. The first-order valence-electron chi connectivity index (χ1n) is 4.92. The highest BCUT2D eigenvalue weighted by Crippen LogP contribution is 2.35. The van der Waals surface area contributed by atoms with Crippen LogP contribution in [0.15, 0.2) is 11.6 Å². The first kappa shape index (κ1) is 9.79. The summed E-state index contributed by atoms with van der Waals surface area (Å²) in [5.74, 6) is 0. The van der Waals surface area contributed by atoms with E-state index in [-0.39, 0.29) is 11.5 Å². The lowest BCUT2D eigenvalue weighted by Gasteiger charge is -2.34. The first-order valence-corrected chi connectivity index (χ1v) is 4.92. The topological polar surface area (TPSA) is 20.2 Å². The van der Waals surface area contributed by atoms with E-state index in [2.05, 4.69) is 26.8 Å². The predicted octanol–water partition coefficient (Wildman–Crippen LogP) is 2.89. The van der Waals surface area contributed by atoms with Crippen LogP contribution in [-0.2, 0) is 0 Å². The van der Waals surface area contributed by atoms with Crippen molar-refractivity contribution in [3.05, 3.63) is 11.6 Å². The average Bonchev–Trinajstić information content (AvgIpc) is 1.98. The zero-order valence-corrected chi connectivity index (χ0v) is 8.43. The van der Waals surface area contributed by atoms with Crippen LogP contribution in [0.1, 0.15) is 46.5 Å².